The normalized spacial score (nSPS) is 32.5. The summed E-state index contributed by atoms with van der Waals surface area (Å²) in [6.45, 7) is 1.50. The highest BCUT2D eigenvalue weighted by Gasteiger charge is 2.51. The lowest BCUT2D eigenvalue weighted by atomic mass is 9.49. The number of nitrogens with zero attached hydrogens (tertiary/aromatic N) is 1. The molecule has 1 heterocycles. The van der Waals surface area contributed by atoms with Crippen LogP contribution in [0.15, 0.2) is 30.5 Å². The zero-order valence-electron chi connectivity index (χ0n) is 18.1. The average molecular weight is 422 g/mol. The minimum absolute atomic E-state index is 0.0948. The van der Waals surface area contributed by atoms with Gasteiger partial charge < -0.3 is 4.90 Å². The van der Waals surface area contributed by atoms with Gasteiger partial charge in [0.25, 0.3) is 0 Å². The van der Waals surface area contributed by atoms with Crippen LogP contribution in [0.3, 0.4) is 0 Å². The fourth-order valence-electron chi connectivity index (χ4n) is 7.17. The smallest absolute Gasteiger partial charge is 0.240 e. The molecular weight excluding hydrogens is 390 g/mol. The Labute approximate surface area is 183 Å². The van der Waals surface area contributed by atoms with Crippen molar-refractivity contribution in [3.8, 4) is 0 Å². The first-order valence-corrected chi connectivity index (χ1v) is 11.5. The molecule has 31 heavy (non-hydrogen) atoms. The van der Waals surface area contributed by atoms with E-state index in [1.54, 1.807) is 11.1 Å². The van der Waals surface area contributed by atoms with Gasteiger partial charge >= 0.3 is 0 Å². The zero-order valence-corrected chi connectivity index (χ0v) is 18.1. The van der Waals surface area contributed by atoms with Gasteiger partial charge in [0.15, 0.2) is 0 Å². The van der Waals surface area contributed by atoms with E-state index < -0.39 is 0 Å². The molecule has 0 spiro atoms. The Bertz CT molecular complexity index is 902. The van der Waals surface area contributed by atoms with Gasteiger partial charge in [-0.15, -0.1) is 0 Å². The predicted octanol–water partition coefficient (Wildman–Crippen LogP) is 3.70. The van der Waals surface area contributed by atoms with Gasteiger partial charge in [-0.05, 0) is 78.9 Å². The molecule has 3 amide bonds. The Kier molecular flexibility index (Phi) is 5.11. The van der Waals surface area contributed by atoms with Gasteiger partial charge in [-0.1, -0.05) is 24.3 Å². The second kappa shape index (κ2) is 7.81. The molecule has 4 aliphatic carbocycles. The van der Waals surface area contributed by atoms with E-state index in [0.717, 1.165) is 28.9 Å². The van der Waals surface area contributed by atoms with Crippen LogP contribution in [0.2, 0.25) is 0 Å². The van der Waals surface area contributed by atoms with Gasteiger partial charge in [0, 0.05) is 19.5 Å². The van der Waals surface area contributed by atoms with Crippen molar-refractivity contribution in [2.75, 3.05) is 0 Å². The first kappa shape index (κ1) is 20.3. The van der Waals surface area contributed by atoms with Gasteiger partial charge in [0.2, 0.25) is 17.7 Å². The highest BCUT2D eigenvalue weighted by atomic mass is 16.2. The molecule has 164 valence electrons. The number of amides is 3. The minimum atomic E-state index is -0.376. The van der Waals surface area contributed by atoms with Crippen LogP contribution >= 0.6 is 0 Å². The zero-order chi connectivity index (χ0) is 21.6. The van der Waals surface area contributed by atoms with E-state index >= 15 is 0 Å². The maximum atomic E-state index is 12.7. The molecule has 4 saturated carbocycles. The summed E-state index contributed by atoms with van der Waals surface area (Å²) in [5, 5.41) is 0. The minimum Gasteiger partial charge on any atom is -0.311 e. The number of rotatable bonds is 4. The monoisotopic (exact) mass is 421 g/mol. The molecule has 1 atom stereocenters. The molecule has 1 aliphatic heterocycles. The van der Waals surface area contributed by atoms with Crippen LogP contribution < -0.4 is 10.9 Å². The highest BCUT2D eigenvalue weighted by Crippen LogP contribution is 2.61. The summed E-state index contributed by atoms with van der Waals surface area (Å²) in [5.41, 5.74) is 7.34. The largest absolute Gasteiger partial charge is 0.311 e. The maximum Gasteiger partial charge on any atom is 0.240 e. The standard InChI is InChI=1S/C25H31N3O3/c1-16(29)28-7-6-20-4-2-3-5-21(20)22(28)11-23(30)26-27-24(31)15-25-12-17-8-18(13-25)10-19(9-17)14-25/h2-7,17-19,22H,8-15H2,1H3,(H,26,30)(H,27,31)/t17?,18?,19?,22-,25?/m1/s1. The van der Waals surface area contributed by atoms with E-state index in [0.29, 0.717) is 6.42 Å². The molecule has 0 unspecified atom stereocenters. The molecule has 0 saturated heterocycles. The van der Waals surface area contributed by atoms with E-state index in [-0.39, 0.29) is 35.6 Å². The second-order valence-corrected chi connectivity index (χ2v) is 10.3. The predicted molar refractivity (Wildman–Crippen MR) is 117 cm³/mol. The Morgan fingerprint density at radius 2 is 1.58 bits per heavy atom. The highest BCUT2D eigenvalue weighted by molar-refractivity contribution is 5.84. The van der Waals surface area contributed by atoms with Gasteiger partial charge in [0.1, 0.15) is 0 Å². The van der Waals surface area contributed by atoms with Crippen molar-refractivity contribution in [1.29, 1.82) is 0 Å². The van der Waals surface area contributed by atoms with Gasteiger partial charge in [0.05, 0.1) is 12.5 Å². The summed E-state index contributed by atoms with van der Waals surface area (Å²) in [4.78, 5) is 39.0. The molecule has 6 nitrogen and oxygen atoms in total. The number of hydrogen-bond donors (Lipinski definition) is 2. The summed E-state index contributed by atoms with van der Waals surface area (Å²) in [6.07, 6.45) is 11.8. The third kappa shape index (κ3) is 4.00. The molecule has 1 aromatic carbocycles. The number of hydrogen-bond acceptors (Lipinski definition) is 3. The number of benzene rings is 1. The topological polar surface area (TPSA) is 78.5 Å². The van der Waals surface area contributed by atoms with Gasteiger partial charge in [-0.2, -0.15) is 0 Å². The summed E-state index contributed by atoms with van der Waals surface area (Å²) < 4.78 is 0. The number of hydrazine groups is 1. The number of nitrogens with one attached hydrogen (secondary N) is 2. The Morgan fingerprint density at radius 1 is 0.968 bits per heavy atom. The second-order valence-electron chi connectivity index (χ2n) is 10.3. The Balaban J connectivity index is 1.18. The Hall–Kier alpha value is -2.63. The molecule has 4 fully saturated rings. The van der Waals surface area contributed by atoms with Crippen LogP contribution in [0.1, 0.15) is 75.5 Å². The van der Waals surface area contributed by atoms with E-state index in [9.17, 15) is 14.4 Å². The fourth-order valence-corrected chi connectivity index (χ4v) is 7.17. The van der Waals surface area contributed by atoms with Crippen LogP contribution in [0.5, 0.6) is 0 Å². The van der Waals surface area contributed by atoms with E-state index in [1.165, 1.54) is 45.4 Å². The van der Waals surface area contributed by atoms with Crippen molar-refractivity contribution in [2.24, 2.45) is 23.2 Å². The number of carbonyl (C=O) groups excluding carboxylic acids is 3. The average Bonchev–Trinajstić information content (AvgIpc) is 2.71. The van der Waals surface area contributed by atoms with E-state index in [1.807, 2.05) is 30.3 Å². The lowest BCUT2D eigenvalue weighted by molar-refractivity contribution is -0.135. The quantitative estimate of drug-likeness (QED) is 0.728. The van der Waals surface area contributed by atoms with Crippen molar-refractivity contribution >= 4 is 23.8 Å². The third-order valence-electron chi connectivity index (χ3n) is 7.89. The van der Waals surface area contributed by atoms with Crippen molar-refractivity contribution in [1.82, 2.24) is 15.8 Å². The van der Waals surface area contributed by atoms with Crippen molar-refractivity contribution < 1.29 is 14.4 Å². The molecule has 1 aromatic rings. The molecule has 5 aliphatic rings. The van der Waals surface area contributed by atoms with Crippen LogP contribution in [-0.4, -0.2) is 22.6 Å². The summed E-state index contributed by atoms with van der Waals surface area (Å²) in [7, 11) is 0. The Morgan fingerprint density at radius 3 is 2.23 bits per heavy atom. The van der Waals surface area contributed by atoms with E-state index in [2.05, 4.69) is 10.9 Å². The van der Waals surface area contributed by atoms with Crippen molar-refractivity contribution in [3.05, 3.63) is 41.6 Å². The fraction of sp³-hybridized carbons (Fsp3) is 0.560. The first-order chi connectivity index (χ1) is 14.9. The van der Waals surface area contributed by atoms with E-state index in [4.69, 9.17) is 0 Å². The van der Waals surface area contributed by atoms with Crippen LogP contribution in [-0.2, 0) is 14.4 Å². The lowest BCUT2D eigenvalue weighted by Crippen LogP contribution is -2.50. The molecule has 6 rings (SSSR count). The van der Waals surface area contributed by atoms with Crippen LogP contribution in [0.25, 0.3) is 6.08 Å². The van der Waals surface area contributed by atoms with Gasteiger partial charge in [-0.3, -0.25) is 25.2 Å². The third-order valence-corrected chi connectivity index (χ3v) is 7.89. The SMILES string of the molecule is CC(=O)N1C=Cc2ccccc2[C@H]1CC(=O)NNC(=O)CC12CC3CC(CC(C3)C1)C2. The maximum absolute atomic E-state index is 12.7. The van der Waals surface area contributed by atoms with Crippen molar-refractivity contribution in [2.45, 2.75) is 64.3 Å². The molecule has 6 heteroatoms. The first-order valence-electron chi connectivity index (χ1n) is 11.5. The summed E-state index contributed by atoms with van der Waals surface area (Å²) >= 11 is 0. The number of carbonyl (C=O) groups is 3. The number of fused-ring (bicyclic) bond motifs is 1. The molecule has 2 N–H and O–H groups in total. The van der Waals surface area contributed by atoms with Crippen molar-refractivity contribution in [3.63, 3.8) is 0 Å². The summed E-state index contributed by atoms with van der Waals surface area (Å²) in [6, 6.07) is 7.39. The summed E-state index contributed by atoms with van der Waals surface area (Å²) in [5.74, 6) is 1.89. The lowest BCUT2D eigenvalue weighted by Gasteiger charge is -2.56. The molecule has 4 bridgehead atoms. The van der Waals surface area contributed by atoms with Gasteiger partial charge in [-0.25, -0.2) is 0 Å². The molecule has 0 radical (unpaired) electrons. The van der Waals surface area contributed by atoms with Crippen LogP contribution in [0, 0.1) is 23.2 Å². The van der Waals surface area contributed by atoms with Crippen LogP contribution in [0.4, 0.5) is 0 Å². The molecule has 0 aromatic heterocycles. The molecular formula is C25H31N3O3.